The standard InChI is InChI=1S/C17H22N4OS2/c1-10-8-13(24-17-21-20-11(2)23-17)6-7-15(10)19-16(22)9-12-4-3-5-14(12)18/h6-8,12,14H,3-5,9,18H2,1-2H3,(H,19,22)/t12-,14+/m0/s1. The van der Waals surface area contributed by atoms with Crippen LogP contribution in [0.3, 0.4) is 0 Å². The summed E-state index contributed by atoms with van der Waals surface area (Å²) < 4.78 is 0.930. The summed E-state index contributed by atoms with van der Waals surface area (Å²) in [5, 5.41) is 12.1. The van der Waals surface area contributed by atoms with Crippen LogP contribution < -0.4 is 11.1 Å². The Hall–Kier alpha value is -1.44. The van der Waals surface area contributed by atoms with Gasteiger partial charge in [0.2, 0.25) is 5.91 Å². The number of hydrogen-bond donors (Lipinski definition) is 2. The van der Waals surface area contributed by atoms with E-state index < -0.39 is 0 Å². The summed E-state index contributed by atoms with van der Waals surface area (Å²) in [4.78, 5) is 13.4. The molecule has 0 aliphatic heterocycles. The minimum atomic E-state index is 0.0561. The van der Waals surface area contributed by atoms with Crippen molar-refractivity contribution in [3.05, 3.63) is 28.8 Å². The van der Waals surface area contributed by atoms with Crippen molar-refractivity contribution in [2.75, 3.05) is 5.32 Å². The van der Waals surface area contributed by atoms with Gasteiger partial charge in [-0.15, -0.1) is 10.2 Å². The van der Waals surface area contributed by atoms with E-state index in [1.165, 1.54) is 0 Å². The highest BCUT2D eigenvalue weighted by Gasteiger charge is 2.26. The minimum Gasteiger partial charge on any atom is -0.327 e. The van der Waals surface area contributed by atoms with Gasteiger partial charge in [-0.25, -0.2) is 0 Å². The number of anilines is 1. The molecule has 1 aromatic carbocycles. The summed E-state index contributed by atoms with van der Waals surface area (Å²) in [5.74, 6) is 0.376. The lowest BCUT2D eigenvalue weighted by Crippen LogP contribution is -2.28. The second kappa shape index (κ2) is 7.63. The number of hydrogen-bond acceptors (Lipinski definition) is 6. The summed E-state index contributed by atoms with van der Waals surface area (Å²) in [5.41, 5.74) is 7.96. The quantitative estimate of drug-likeness (QED) is 0.846. The lowest BCUT2D eigenvalue weighted by Gasteiger charge is -2.15. The van der Waals surface area contributed by atoms with Crippen LogP contribution in [0, 0.1) is 19.8 Å². The van der Waals surface area contributed by atoms with Gasteiger partial charge in [-0.1, -0.05) is 29.5 Å². The summed E-state index contributed by atoms with van der Waals surface area (Å²) in [6.45, 7) is 3.95. The fraction of sp³-hybridized carbons (Fsp3) is 0.471. The summed E-state index contributed by atoms with van der Waals surface area (Å²) in [6.07, 6.45) is 3.74. The van der Waals surface area contributed by atoms with Crippen molar-refractivity contribution in [3.63, 3.8) is 0 Å². The largest absolute Gasteiger partial charge is 0.327 e. The molecular weight excluding hydrogens is 340 g/mol. The Balaban J connectivity index is 1.61. The van der Waals surface area contributed by atoms with Gasteiger partial charge in [0, 0.05) is 23.0 Å². The normalized spacial score (nSPS) is 20.3. The van der Waals surface area contributed by atoms with Gasteiger partial charge < -0.3 is 11.1 Å². The zero-order chi connectivity index (χ0) is 17.1. The maximum Gasteiger partial charge on any atom is 0.224 e. The first kappa shape index (κ1) is 17.4. The predicted octanol–water partition coefficient (Wildman–Crippen LogP) is 3.76. The van der Waals surface area contributed by atoms with Crippen LogP contribution in [0.25, 0.3) is 0 Å². The van der Waals surface area contributed by atoms with Crippen LogP contribution in [0.2, 0.25) is 0 Å². The van der Waals surface area contributed by atoms with Gasteiger partial charge in [-0.3, -0.25) is 4.79 Å². The molecule has 2 atom stereocenters. The molecule has 24 heavy (non-hydrogen) atoms. The molecule has 0 saturated heterocycles. The molecule has 2 aromatic rings. The van der Waals surface area contributed by atoms with E-state index in [2.05, 4.69) is 21.6 Å². The lowest BCUT2D eigenvalue weighted by atomic mass is 10.00. The van der Waals surface area contributed by atoms with Gasteiger partial charge in [0.25, 0.3) is 0 Å². The van der Waals surface area contributed by atoms with Gasteiger partial charge in [0.1, 0.15) is 5.01 Å². The minimum absolute atomic E-state index is 0.0561. The molecule has 128 valence electrons. The topological polar surface area (TPSA) is 80.9 Å². The average Bonchev–Trinajstić information content (AvgIpc) is 3.11. The number of nitrogens with two attached hydrogens (primary N) is 1. The van der Waals surface area contributed by atoms with Crippen LogP contribution in [-0.2, 0) is 4.79 Å². The van der Waals surface area contributed by atoms with Gasteiger partial charge in [-0.2, -0.15) is 0 Å². The van der Waals surface area contributed by atoms with Crippen molar-refractivity contribution < 1.29 is 4.79 Å². The zero-order valence-electron chi connectivity index (χ0n) is 13.9. The monoisotopic (exact) mass is 362 g/mol. The third-order valence-electron chi connectivity index (χ3n) is 4.35. The molecule has 3 rings (SSSR count). The Morgan fingerprint density at radius 2 is 2.21 bits per heavy atom. The Morgan fingerprint density at radius 1 is 1.38 bits per heavy atom. The molecule has 1 heterocycles. The highest BCUT2D eigenvalue weighted by molar-refractivity contribution is 8.01. The third-order valence-corrected chi connectivity index (χ3v) is 6.23. The second-order valence-corrected chi connectivity index (χ2v) is 8.78. The van der Waals surface area contributed by atoms with Gasteiger partial charge in [-0.05, 0) is 56.4 Å². The highest BCUT2D eigenvalue weighted by atomic mass is 32.2. The van der Waals surface area contributed by atoms with E-state index in [0.717, 1.165) is 44.8 Å². The number of aryl methyl sites for hydroxylation is 2. The number of rotatable bonds is 5. The van der Waals surface area contributed by atoms with Crippen molar-refractivity contribution >= 4 is 34.7 Å². The van der Waals surface area contributed by atoms with E-state index in [1.807, 2.05) is 26.0 Å². The first-order chi connectivity index (χ1) is 11.5. The van der Waals surface area contributed by atoms with E-state index in [9.17, 15) is 4.79 Å². The summed E-state index contributed by atoms with van der Waals surface area (Å²) in [6, 6.07) is 6.20. The van der Waals surface area contributed by atoms with Crippen LogP contribution >= 0.6 is 23.1 Å². The van der Waals surface area contributed by atoms with Crippen LogP contribution in [0.5, 0.6) is 0 Å². The molecule has 0 spiro atoms. The van der Waals surface area contributed by atoms with Crippen molar-refractivity contribution in [2.45, 2.75) is 54.8 Å². The SMILES string of the molecule is Cc1nnc(Sc2ccc(NC(=O)C[C@@H]3CCC[C@H]3N)c(C)c2)s1. The highest BCUT2D eigenvalue weighted by Crippen LogP contribution is 2.32. The molecule has 3 N–H and O–H groups in total. The molecular formula is C17H22N4OS2. The first-order valence-electron chi connectivity index (χ1n) is 8.15. The van der Waals surface area contributed by atoms with Crippen molar-refractivity contribution in [3.8, 4) is 0 Å². The molecule has 1 aromatic heterocycles. The number of benzene rings is 1. The molecule has 1 aliphatic rings. The summed E-state index contributed by atoms with van der Waals surface area (Å²) >= 11 is 3.17. The van der Waals surface area contributed by atoms with Crippen LogP contribution in [-0.4, -0.2) is 22.1 Å². The smallest absolute Gasteiger partial charge is 0.224 e. The third kappa shape index (κ3) is 4.34. The fourth-order valence-electron chi connectivity index (χ4n) is 3.02. The van der Waals surface area contributed by atoms with Crippen molar-refractivity contribution in [2.24, 2.45) is 11.7 Å². The number of carbonyl (C=O) groups excluding carboxylic acids is 1. The maximum atomic E-state index is 12.3. The second-order valence-electron chi connectivity index (χ2n) is 6.27. The zero-order valence-corrected chi connectivity index (χ0v) is 15.5. The van der Waals surface area contributed by atoms with Crippen LogP contribution in [0.15, 0.2) is 27.4 Å². The molecule has 1 saturated carbocycles. The Labute approximate surface area is 150 Å². The van der Waals surface area contributed by atoms with Crippen LogP contribution in [0.4, 0.5) is 5.69 Å². The van der Waals surface area contributed by atoms with E-state index >= 15 is 0 Å². The molecule has 1 fully saturated rings. The van der Waals surface area contributed by atoms with Gasteiger partial charge >= 0.3 is 0 Å². The number of aromatic nitrogens is 2. The number of nitrogens with zero attached hydrogens (tertiary/aromatic N) is 2. The predicted molar refractivity (Wildman–Crippen MR) is 98.5 cm³/mol. The maximum absolute atomic E-state index is 12.3. The van der Waals surface area contributed by atoms with Gasteiger partial charge in [0.05, 0.1) is 0 Å². The van der Waals surface area contributed by atoms with Gasteiger partial charge in [0.15, 0.2) is 4.34 Å². The Morgan fingerprint density at radius 3 is 2.83 bits per heavy atom. The lowest BCUT2D eigenvalue weighted by molar-refractivity contribution is -0.117. The summed E-state index contributed by atoms with van der Waals surface area (Å²) in [7, 11) is 0. The van der Waals surface area contributed by atoms with E-state index in [-0.39, 0.29) is 11.9 Å². The van der Waals surface area contributed by atoms with Crippen molar-refractivity contribution in [1.82, 2.24) is 10.2 Å². The first-order valence-corrected chi connectivity index (χ1v) is 9.78. The molecule has 0 radical (unpaired) electrons. The average molecular weight is 363 g/mol. The molecule has 0 bridgehead atoms. The number of amides is 1. The number of carbonyl (C=O) groups is 1. The molecule has 7 heteroatoms. The number of nitrogens with one attached hydrogen (secondary N) is 1. The van der Waals surface area contributed by atoms with Crippen LogP contribution in [0.1, 0.15) is 36.3 Å². The van der Waals surface area contributed by atoms with Crippen molar-refractivity contribution in [1.29, 1.82) is 0 Å². The fourth-order valence-corrected chi connectivity index (χ4v) is 4.91. The Bertz CT molecular complexity index is 731. The molecule has 1 amide bonds. The van der Waals surface area contributed by atoms with E-state index in [1.54, 1.807) is 23.1 Å². The molecule has 0 unspecified atom stereocenters. The van der Waals surface area contributed by atoms with E-state index in [0.29, 0.717) is 12.3 Å². The molecule has 5 nitrogen and oxygen atoms in total. The molecule has 1 aliphatic carbocycles. The Kier molecular flexibility index (Phi) is 5.53. The van der Waals surface area contributed by atoms with E-state index in [4.69, 9.17) is 5.73 Å².